The molecule has 0 aliphatic carbocycles. The molecule has 6 heteroatoms. The molecule has 144 valence electrons. The Labute approximate surface area is 169 Å². The van der Waals surface area contributed by atoms with Crippen LogP contribution in [0.5, 0.6) is 0 Å². The number of nitrogens with one attached hydrogen (secondary N) is 2. The maximum Gasteiger partial charge on any atom is 0.274 e. The van der Waals surface area contributed by atoms with E-state index < -0.39 is 0 Å². The van der Waals surface area contributed by atoms with Gasteiger partial charge in [0.25, 0.3) is 5.91 Å². The first-order valence-electron chi connectivity index (χ1n) is 9.61. The first kappa shape index (κ1) is 18.5. The van der Waals surface area contributed by atoms with E-state index in [-0.39, 0.29) is 5.91 Å². The highest BCUT2D eigenvalue weighted by Gasteiger charge is 2.12. The summed E-state index contributed by atoms with van der Waals surface area (Å²) in [5, 5.41) is 14.9. The molecule has 29 heavy (non-hydrogen) atoms. The van der Waals surface area contributed by atoms with E-state index in [0.717, 1.165) is 24.5 Å². The third kappa shape index (κ3) is 4.53. The van der Waals surface area contributed by atoms with Crippen molar-refractivity contribution >= 4 is 28.7 Å². The van der Waals surface area contributed by atoms with Crippen molar-refractivity contribution in [3.8, 4) is 6.07 Å². The topological polar surface area (TPSA) is 81.0 Å². The fourth-order valence-corrected chi connectivity index (χ4v) is 3.32. The first-order chi connectivity index (χ1) is 14.2. The molecule has 2 N–H and O–H groups in total. The zero-order chi connectivity index (χ0) is 20.1. The predicted molar refractivity (Wildman–Crippen MR) is 115 cm³/mol. The van der Waals surface area contributed by atoms with E-state index in [1.54, 1.807) is 36.5 Å². The van der Waals surface area contributed by atoms with Crippen LogP contribution in [0.2, 0.25) is 0 Å². The largest absolute Gasteiger partial charge is 0.372 e. The summed E-state index contributed by atoms with van der Waals surface area (Å²) >= 11 is 0. The van der Waals surface area contributed by atoms with E-state index in [1.165, 1.54) is 18.5 Å². The van der Waals surface area contributed by atoms with Crippen molar-refractivity contribution in [1.29, 1.82) is 5.26 Å². The Hall–Kier alpha value is -3.85. The van der Waals surface area contributed by atoms with E-state index in [2.05, 4.69) is 44.8 Å². The molecule has 0 saturated carbocycles. The summed E-state index contributed by atoms with van der Waals surface area (Å²) in [7, 11) is 0. The molecular weight excluding hydrogens is 362 g/mol. The normalized spacial score (nSPS) is 13.0. The van der Waals surface area contributed by atoms with Crippen LogP contribution in [-0.2, 0) is 0 Å². The molecule has 2 aromatic carbocycles. The van der Waals surface area contributed by atoms with Crippen molar-refractivity contribution < 1.29 is 4.79 Å². The number of benzene rings is 2. The van der Waals surface area contributed by atoms with Crippen LogP contribution in [0, 0.1) is 11.3 Å². The molecule has 4 rings (SSSR count). The standard InChI is InChI=1S/C23H21N5O/c24-15-17-3-5-19(6-4-17)27-23(29)22-12-9-20(16-25-22)26-18-7-10-21(11-8-18)28-13-1-2-14-28/h3-12,16,26H,1-2,13-14H2,(H,27,29). The molecule has 6 nitrogen and oxygen atoms in total. The lowest BCUT2D eigenvalue weighted by atomic mass is 10.2. The van der Waals surface area contributed by atoms with Gasteiger partial charge in [0.05, 0.1) is 23.5 Å². The van der Waals surface area contributed by atoms with E-state index in [4.69, 9.17) is 5.26 Å². The zero-order valence-corrected chi connectivity index (χ0v) is 15.9. The smallest absolute Gasteiger partial charge is 0.274 e. The summed E-state index contributed by atoms with van der Waals surface area (Å²) in [6.45, 7) is 2.26. The van der Waals surface area contributed by atoms with Crippen LogP contribution in [0.3, 0.4) is 0 Å². The van der Waals surface area contributed by atoms with Gasteiger partial charge >= 0.3 is 0 Å². The van der Waals surface area contributed by atoms with Crippen LogP contribution >= 0.6 is 0 Å². The summed E-state index contributed by atoms with van der Waals surface area (Å²) < 4.78 is 0. The first-order valence-corrected chi connectivity index (χ1v) is 9.61. The number of amides is 1. The Bertz CT molecular complexity index is 1010. The van der Waals surface area contributed by atoms with Gasteiger partial charge < -0.3 is 15.5 Å². The van der Waals surface area contributed by atoms with Crippen molar-refractivity contribution in [3.63, 3.8) is 0 Å². The highest BCUT2D eigenvalue weighted by molar-refractivity contribution is 6.03. The molecule has 1 saturated heterocycles. The molecular formula is C23H21N5O. The summed E-state index contributed by atoms with van der Waals surface area (Å²) in [5.41, 5.74) is 4.53. The minimum atomic E-state index is -0.295. The van der Waals surface area contributed by atoms with Crippen molar-refractivity contribution in [2.45, 2.75) is 12.8 Å². The quantitative estimate of drug-likeness (QED) is 0.676. The van der Waals surface area contributed by atoms with Gasteiger partial charge in [-0.1, -0.05) is 0 Å². The fourth-order valence-electron chi connectivity index (χ4n) is 3.32. The van der Waals surface area contributed by atoms with Gasteiger partial charge in [-0.05, 0) is 73.5 Å². The van der Waals surface area contributed by atoms with Gasteiger partial charge in [-0.15, -0.1) is 0 Å². The van der Waals surface area contributed by atoms with Crippen molar-refractivity contribution in [2.75, 3.05) is 28.6 Å². The molecule has 1 aromatic heterocycles. The zero-order valence-electron chi connectivity index (χ0n) is 15.9. The molecule has 1 fully saturated rings. The highest BCUT2D eigenvalue weighted by atomic mass is 16.1. The Morgan fingerprint density at radius 1 is 0.897 bits per heavy atom. The Morgan fingerprint density at radius 2 is 1.55 bits per heavy atom. The van der Waals surface area contributed by atoms with Gasteiger partial charge in [0.1, 0.15) is 5.69 Å². The van der Waals surface area contributed by atoms with Crippen molar-refractivity contribution in [2.24, 2.45) is 0 Å². The molecule has 2 heterocycles. The number of rotatable bonds is 5. The summed E-state index contributed by atoms with van der Waals surface area (Å²) in [6.07, 6.45) is 4.16. The number of nitrogens with zero attached hydrogens (tertiary/aromatic N) is 3. The van der Waals surface area contributed by atoms with Crippen LogP contribution in [0.4, 0.5) is 22.7 Å². The van der Waals surface area contributed by atoms with Gasteiger partial charge in [-0.25, -0.2) is 4.98 Å². The number of pyridine rings is 1. The third-order valence-corrected chi connectivity index (χ3v) is 4.90. The van der Waals surface area contributed by atoms with Crippen molar-refractivity contribution in [1.82, 2.24) is 4.98 Å². The fraction of sp³-hybridized carbons (Fsp3) is 0.174. The maximum atomic E-state index is 12.3. The lowest BCUT2D eigenvalue weighted by Crippen LogP contribution is -2.17. The number of aromatic nitrogens is 1. The molecule has 3 aromatic rings. The van der Waals surface area contributed by atoms with Crippen LogP contribution in [-0.4, -0.2) is 24.0 Å². The van der Waals surface area contributed by atoms with Crippen LogP contribution in [0.1, 0.15) is 28.9 Å². The summed E-state index contributed by atoms with van der Waals surface area (Å²) in [5.74, 6) is -0.295. The SMILES string of the molecule is N#Cc1ccc(NC(=O)c2ccc(Nc3ccc(N4CCCC4)cc3)cn2)cc1. The van der Waals surface area contributed by atoms with E-state index in [0.29, 0.717) is 16.9 Å². The van der Waals surface area contributed by atoms with E-state index >= 15 is 0 Å². The second kappa shape index (κ2) is 8.44. The lowest BCUT2D eigenvalue weighted by Gasteiger charge is -2.18. The molecule has 1 amide bonds. The maximum absolute atomic E-state index is 12.3. The minimum absolute atomic E-state index is 0.295. The lowest BCUT2D eigenvalue weighted by molar-refractivity contribution is 0.102. The molecule has 0 bridgehead atoms. The predicted octanol–water partition coefficient (Wildman–Crippen LogP) is 4.55. The summed E-state index contributed by atoms with van der Waals surface area (Å²) in [4.78, 5) is 19.0. The second-order valence-electron chi connectivity index (χ2n) is 6.94. The van der Waals surface area contributed by atoms with Crippen LogP contribution in [0.25, 0.3) is 0 Å². The average molecular weight is 383 g/mol. The van der Waals surface area contributed by atoms with Gasteiger partial charge in [0.15, 0.2) is 0 Å². The number of hydrogen-bond acceptors (Lipinski definition) is 5. The van der Waals surface area contributed by atoms with Gasteiger partial charge in [-0.3, -0.25) is 4.79 Å². The Morgan fingerprint density at radius 3 is 2.17 bits per heavy atom. The van der Waals surface area contributed by atoms with E-state index in [9.17, 15) is 4.79 Å². The molecule has 0 unspecified atom stereocenters. The highest BCUT2D eigenvalue weighted by Crippen LogP contribution is 2.24. The number of carbonyl (C=O) groups excluding carboxylic acids is 1. The number of anilines is 4. The van der Waals surface area contributed by atoms with Crippen LogP contribution < -0.4 is 15.5 Å². The Balaban J connectivity index is 1.37. The monoisotopic (exact) mass is 383 g/mol. The number of carbonyl (C=O) groups is 1. The molecule has 0 radical (unpaired) electrons. The summed E-state index contributed by atoms with van der Waals surface area (Å²) in [6, 6.07) is 20.6. The van der Waals surface area contributed by atoms with E-state index in [1.807, 2.05) is 12.1 Å². The number of nitriles is 1. The minimum Gasteiger partial charge on any atom is -0.372 e. The molecule has 1 aliphatic heterocycles. The third-order valence-electron chi connectivity index (χ3n) is 4.90. The number of hydrogen-bond donors (Lipinski definition) is 2. The van der Waals surface area contributed by atoms with Gasteiger partial charge in [0, 0.05) is 30.2 Å². The van der Waals surface area contributed by atoms with Gasteiger partial charge in [0.2, 0.25) is 0 Å². The second-order valence-corrected chi connectivity index (χ2v) is 6.94. The Kier molecular flexibility index (Phi) is 5.39. The van der Waals surface area contributed by atoms with Crippen LogP contribution in [0.15, 0.2) is 66.9 Å². The average Bonchev–Trinajstić information content (AvgIpc) is 3.30. The van der Waals surface area contributed by atoms with Crippen molar-refractivity contribution in [3.05, 3.63) is 78.1 Å². The molecule has 0 atom stereocenters. The van der Waals surface area contributed by atoms with Gasteiger partial charge in [-0.2, -0.15) is 5.26 Å². The molecule has 0 spiro atoms. The molecule has 1 aliphatic rings.